The number of hydrogen-bond acceptors (Lipinski definition) is 6. The van der Waals surface area contributed by atoms with Gasteiger partial charge >= 0.3 is 0 Å². The van der Waals surface area contributed by atoms with Crippen molar-refractivity contribution in [3.05, 3.63) is 28.4 Å². The average Bonchev–Trinajstić information content (AvgIpc) is 2.86. The van der Waals surface area contributed by atoms with Gasteiger partial charge in [-0.05, 0) is 6.07 Å². The minimum Gasteiger partial charge on any atom is -0.507 e. The standard InChI is InChI=1S/C14H15ClN2O4/c15-10-5-8(12(19)6-13(10)20)14-9-7-17(3-4-18)2-1-11(9)16-21-14/h5-6,18-20H,1-4,7H2. The molecule has 0 amide bonds. The minimum atomic E-state index is -0.187. The summed E-state index contributed by atoms with van der Waals surface area (Å²) < 4.78 is 5.37. The summed E-state index contributed by atoms with van der Waals surface area (Å²) in [5, 5.41) is 32.7. The first-order valence-corrected chi connectivity index (χ1v) is 7.00. The first-order valence-electron chi connectivity index (χ1n) is 6.62. The monoisotopic (exact) mass is 310 g/mol. The maximum Gasteiger partial charge on any atom is 0.175 e. The van der Waals surface area contributed by atoms with Gasteiger partial charge in [-0.1, -0.05) is 16.8 Å². The van der Waals surface area contributed by atoms with Crippen LogP contribution < -0.4 is 0 Å². The number of β-amino-alcohol motifs (C(OH)–C–C–N with tert-alkyl or cyclic N) is 1. The predicted octanol–water partition coefficient (Wildman–Crippen LogP) is 1.76. The molecular formula is C14H15ClN2O4. The van der Waals surface area contributed by atoms with Crippen LogP contribution in [-0.2, 0) is 13.0 Å². The van der Waals surface area contributed by atoms with E-state index in [0.717, 1.165) is 24.2 Å². The van der Waals surface area contributed by atoms with Crippen molar-refractivity contribution in [2.24, 2.45) is 0 Å². The maximum atomic E-state index is 10.00. The fraction of sp³-hybridized carbons (Fsp3) is 0.357. The van der Waals surface area contributed by atoms with Crippen LogP contribution >= 0.6 is 11.6 Å². The molecule has 1 aromatic heterocycles. The number of fused-ring (bicyclic) bond motifs is 1. The molecule has 2 aromatic rings. The lowest BCUT2D eigenvalue weighted by Gasteiger charge is -2.25. The molecule has 7 heteroatoms. The van der Waals surface area contributed by atoms with Crippen LogP contribution in [0.15, 0.2) is 16.7 Å². The minimum absolute atomic E-state index is 0.0895. The molecule has 0 spiro atoms. The zero-order valence-electron chi connectivity index (χ0n) is 11.2. The molecule has 0 saturated heterocycles. The Bertz CT molecular complexity index is 671. The van der Waals surface area contributed by atoms with E-state index in [1.807, 2.05) is 0 Å². The molecule has 0 unspecified atom stereocenters. The SMILES string of the molecule is OCCN1CCc2noc(-c3cc(Cl)c(O)cc3O)c2C1. The summed E-state index contributed by atoms with van der Waals surface area (Å²) in [5.41, 5.74) is 2.13. The molecule has 0 aliphatic carbocycles. The summed E-state index contributed by atoms with van der Waals surface area (Å²) >= 11 is 5.90. The van der Waals surface area contributed by atoms with Gasteiger partial charge in [-0.2, -0.15) is 0 Å². The molecule has 6 nitrogen and oxygen atoms in total. The predicted molar refractivity (Wildman–Crippen MR) is 76.3 cm³/mol. The molecule has 2 heterocycles. The van der Waals surface area contributed by atoms with E-state index in [1.54, 1.807) is 0 Å². The first-order chi connectivity index (χ1) is 10.1. The third kappa shape index (κ3) is 2.57. The van der Waals surface area contributed by atoms with Gasteiger partial charge in [-0.15, -0.1) is 0 Å². The van der Waals surface area contributed by atoms with E-state index in [4.69, 9.17) is 21.2 Å². The second-order valence-electron chi connectivity index (χ2n) is 5.01. The number of phenols is 2. The van der Waals surface area contributed by atoms with Crippen molar-refractivity contribution in [3.8, 4) is 22.8 Å². The Kier molecular flexibility index (Phi) is 3.75. The molecule has 3 rings (SSSR count). The van der Waals surface area contributed by atoms with Gasteiger partial charge in [-0.25, -0.2) is 0 Å². The Hall–Kier alpha value is -1.76. The zero-order valence-corrected chi connectivity index (χ0v) is 12.0. The van der Waals surface area contributed by atoms with Gasteiger partial charge in [-0.3, -0.25) is 4.90 Å². The van der Waals surface area contributed by atoms with Crippen LogP contribution in [0, 0.1) is 0 Å². The van der Waals surface area contributed by atoms with Crippen LogP contribution in [0.5, 0.6) is 11.5 Å². The normalized spacial score (nSPS) is 15.1. The Labute approximate surface area is 126 Å². The smallest absolute Gasteiger partial charge is 0.175 e. The molecule has 112 valence electrons. The van der Waals surface area contributed by atoms with Gasteiger partial charge in [0, 0.05) is 37.7 Å². The summed E-state index contributed by atoms with van der Waals surface area (Å²) in [6.07, 6.45) is 0.728. The number of aromatic nitrogens is 1. The van der Waals surface area contributed by atoms with Gasteiger partial charge in [0.05, 0.1) is 22.9 Å². The second kappa shape index (κ2) is 5.55. The Balaban J connectivity index is 2.02. The number of benzene rings is 1. The molecule has 0 saturated carbocycles. The summed E-state index contributed by atoms with van der Waals surface area (Å²) in [6.45, 7) is 2.06. The molecule has 1 aromatic carbocycles. The van der Waals surface area contributed by atoms with Crippen molar-refractivity contribution in [1.29, 1.82) is 0 Å². The fourth-order valence-corrected chi connectivity index (χ4v) is 2.71. The van der Waals surface area contributed by atoms with Gasteiger partial charge in [0.1, 0.15) is 11.5 Å². The molecule has 0 radical (unpaired) electrons. The number of phenolic OH excluding ortho intramolecular Hbond substituents is 2. The third-order valence-electron chi connectivity index (χ3n) is 3.64. The highest BCUT2D eigenvalue weighted by molar-refractivity contribution is 6.32. The van der Waals surface area contributed by atoms with Crippen LogP contribution in [0.1, 0.15) is 11.3 Å². The fourth-order valence-electron chi connectivity index (χ4n) is 2.54. The van der Waals surface area contributed by atoms with E-state index >= 15 is 0 Å². The topological polar surface area (TPSA) is 90.0 Å². The van der Waals surface area contributed by atoms with E-state index in [-0.39, 0.29) is 23.1 Å². The highest BCUT2D eigenvalue weighted by Gasteiger charge is 2.26. The van der Waals surface area contributed by atoms with Crippen molar-refractivity contribution in [2.75, 3.05) is 19.7 Å². The number of halogens is 1. The zero-order chi connectivity index (χ0) is 15.0. The lowest BCUT2D eigenvalue weighted by molar-refractivity contribution is 0.184. The summed E-state index contributed by atoms with van der Waals surface area (Å²) in [7, 11) is 0. The molecular weight excluding hydrogens is 296 g/mol. The van der Waals surface area contributed by atoms with Gasteiger partial charge in [0.15, 0.2) is 5.76 Å². The number of aliphatic hydroxyl groups is 1. The van der Waals surface area contributed by atoms with E-state index < -0.39 is 0 Å². The summed E-state index contributed by atoms with van der Waals surface area (Å²) in [5.74, 6) is 0.148. The van der Waals surface area contributed by atoms with E-state index in [1.165, 1.54) is 12.1 Å². The van der Waals surface area contributed by atoms with Crippen molar-refractivity contribution in [1.82, 2.24) is 10.1 Å². The van der Waals surface area contributed by atoms with Crippen LogP contribution in [0.25, 0.3) is 11.3 Å². The summed E-state index contributed by atoms with van der Waals surface area (Å²) in [6, 6.07) is 2.64. The highest BCUT2D eigenvalue weighted by atomic mass is 35.5. The first kappa shape index (κ1) is 14.2. The lowest BCUT2D eigenvalue weighted by Crippen LogP contribution is -2.32. The van der Waals surface area contributed by atoms with Gasteiger partial charge in [0.25, 0.3) is 0 Å². The average molecular weight is 311 g/mol. The van der Waals surface area contributed by atoms with E-state index in [2.05, 4.69) is 10.1 Å². The number of aliphatic hydroxyl groups excluding tert-OH is 1. The largest absolute Gasteiger partial charge is 0.507 e. The molecule has 0 bridgehead atoms. The Morgan fingerprint density at radius 1 is 1.29 bits per heavy atom. The number of hydrogen-bond donors (Lipinski definition) is 3. The molecule has 1 aliphatic rings. The van der Waals surface area contributed by atoms with Crippen LogP contribution in [0.2, 0.25) is 5.02 Å². The van der Waals surface area contributed by atoms with Gasteiger partial charge < -0.3 is 19.8 Å². The van der Waals surface area contributed by atoms with Crippen molar-refractivity contribution < 1.29 is 19.8 Å². The quantitative estimate of drug-likeness (QED) is 0.800. The van der Waals surface area contributed by atoms with Crippen LogP contribution in [0.4, 0.5) is 0 Å². The number of rotatable bonds is 3. The summed E-state index contributed by atoms with van der Waals surface area (Å²) in [4.78, 5) is 2.09. The highest BCUT2D eigenvalue weighted by Crippen LogP contribution is 2.40. The molecule has 0 atom stereocenters. The molecule has 0 fully saturated rings. The van der Waals surface area contributed by atoms with E-state index in [0.29, 0.717) is 24.4 Å². The van der Waals surface area contributed by atoms with Crippen molar-refractivity contribution >= 4 is 11.6 Å². The van der Waals surface area contributed by atoms with Crippen LogP contribution in [-0.4, -0.2) is 45.1 Å². The molecule has 21 heavy (non-hydrogen) atoms. The number of nitrogens with zero attached hydrogens (tertiary/aromatic N) is 2. The maximum absolute atomic E-state index is 10.00. The van der Waals surface area contributed by atoms with E-state index in [9.17, 15) is 10.2 Å². The lowest BCUT2D eigenvalue weighted by atomic mass is 10.0. The van der Waals surface area contributed by atoms with Crippen LogP contribution in [0.3, 0.4) is 0 Å². The second-order valence-corrected chi connectivity index (χ2v) is 5.41. The molecule has 1 aliphatic heterocycles. The number of aromatic hydroxyl groups is 2. The van der Waals surface area contributed by atoms with Crippen molar-refractivity contribution in [3.63, 3.8) is 0 Å². The van der Waals surface area contributed by atoms with Crippen molar-refractivity contribution in [2.45, 2.75) is 13.0 Å². The Morgan fingerprint density at radius 2 is 2.10 bits per heavy atom. The molecule has 3 N–H and O–H groups in total. The van der Waals surface area contributed by atoms with Gasteiger partial charge in [0.2, 0.25) is 0 Å². The Morgan fingerprint density at radius 3 is 2.86 bits per heavy atom. The third-order valence-corrected chi connectivity index (χ3v) is 3.94.